The molecule has 0 aliphatic carbocycles. The van der Waals surface area contributed by atoms with Gasteiger partial charge in [-0.3, -0.25) is 20.4 Å². The Hall–Kier alpha value is -2.33. The van der Waals surface area contributed by atoms with E-state index in [-0.39, 0.29) is 5.56 Å². The monoisotopic (exact) mass is 414 g/mol. The van der Waals surface area contributed by atoms with E-state index in [0.29, 0.717) is 15.9 Å². The molecular formula is C14H9BrF2N4O2S. The van der Waals surface area contributed by atoms with Crippen LogP contribution in [-0.4, -0.2) is 21.8 Å². The Kier molecular flexibility index (Phi) is 4.58. The molecule has 0 unspecified atom stereocenters. The number of hydrogen-bond donors (Lipinski definition) is 3. The van der Waals surface area contributed by atoms with Gasteiger partial charge in [0.15, 0.2) is 5.82 Å². The quantitative estimate of drug-likeness (QED) is 0.574. The molecule has 0 fully saturated rings. The number of aromatic amines is 1. The van der Waals surface area contributed by atoms with E-state index in [9.17, 15) is 18.4 Å². The maximum atomic E-state index is 12.6. The number of halogens is 3. The third-order valence-electron chi connectivity index (χ3n) is 3.06. The molecule has 0 saturated carbocycles. The van der Waals surface area contributed by atoms with Crippen molar-refractivity contribution < 1.29 is 18.4 Å². The molecule has 124 valence electrons. The summed E-state index contributed by atoms with van der Waals surface area (Å²) < 4.78 is 26.0. The summed E-state index contributed by atoms with van der Waals surface area (Å²) >= 11 is 4.46. The maximum absolute atomic E-state index is 12.6. The zero-order chi connectivity index (χ0) is 17.3. The second-order valence-electron chi connectivity index (χ2n) is 4.67. The van der Waals surface area contributed by atoms with Crippen LogP contribution in [-0.2, 0) is 0 Å². The van der Waals surface area contributed by atoms with Gasteiger partial charge in [-0.1, -0.05) is 0 Å². The zero-order valence-electron chi connectivity index (χ0n) is 11.8. The smallest absolute Gasteiger partial charge is 0.295 e. The van der Waals surface area contributed by atoms with Gasteiger partial charge in [0.1, 0.15) is 0 Å². The minimum atomic E-state index is -2.72. The Bertz CT molecular complexity index is 925. The van der Waals surface area contributed by atoms with Crippen LogP contribution in [0.15, 0.2) is 34.1 Å². The molecule has 0 atom stereocenters. The van der Waals surface area contributed by atoms with Crippen molar-refractivity contribution in [2.24, 2.45) is 0 Å². The van der Waals surface area contributed by atoms with Gasteiger partial charge in [0.2, 0.25) is 0 Å². The Morgan fingerprint density at radius 1 is 1.17 bits per heavy atom. The topological polar surface area (TPSA) is 86.9 Å². The predicted molar refractivity (Wildman–Crippen MR) is 88.0 cm³/mol. The summed E-state index contributed by atoms with van der Waals surface area (Å²) in [4.78, 5) is 30.5. The van der Waals surface area contributed by atoms with Gasteiger partial charge in [-0.05, 0) is 46.3 Å². The third kappa shape index (κ3) is 3.44. The molecule has 0 aliphatic heterocycles. The molecule has 3 rings (SSSR count). The number of rotatable bonds is 3. The van der Waals surface area contributed by atoms with Gasteiger partial charge in [0.25, 0.3) is 18.2 Å². The van der Waals surface area contributed by atoms with Gasteiger partial charge in [-0.15, -0.1) is 11.3 Å². The van der Waals surface area contributed by atoms with Gasteiger partial charge in [0, 0.05) is 5.56 Å². The Morgan fingerprint density at radius 2 is 1.92 bits per heavy atom. The van der Waals surface area contributed by atoms with E-state index in [1.165, 1.54) is 29.5 Å². The molecule has 0 bridgehead atoms. The van der Waals surface area contributed by atoms with Crippen LogP contribution in [0.2, 0.25) is 0 Å². The molecule has 0 spiro atoms. The summed E-state index contributed by atoms with van der Waals surface area (Å²) in [5.74, 6) is -1.49. The summed E-state index contributed by atoms with van der Waals surface area (Å²) in [6.45, 7) is 0. The lowest BCUT2D eigenvalue weighted by atomic mass is 10.2. The zero-order valence-corrected chi connectivity index (χ0v) is 14.2. The molecule has 0 saturated heterocycles. The highest BCUT2D eigenvalue weighted by Crippen LogP contribution is 2.22. The van der Waals surface area contributed by atoms with Crippen molar-refractivity contribution in [3.8, 4) is 0 Å². The SMILES string of the molecule is O=C(NNC(=O)c1ccc(Br)s1)c1ccc2nc(C(F)F)[nH]c2c1. The Balaban J connectivity index is 1.70. The van der Waals surface area contributed by atoms with Crippen molar-refractivity contribution in [1.29, 1.82) is 0 Å². The van der Waals surface area contributed by atoms with Gasteiger partial charge in [0.05, 0.1) is 19.7 Å². The van der Waals surface area contributed by atoms with E-state index < -0.39 is 24.1 Å². The number of alkyl halides is 2. The Labute approximate surface area is 146 Å². The van der Waals surface area contributed by atoms with Crippen molar-refractivity contribution in [3.63, 3.8) is 0 Å². The van der Waals surface area contributed by atoms with Crippen LogP contribution in [0.25, 0.3) is 11.0 Å². The highest BCUT2D eigenvalue weighted by molar-refractivity contribution is 9.11. The fraction of sp³-hybridized carbons (Fsp3) is 0.0714. The number of hydrogen-bond acceptors (Lipinski definition) is 4. The molecule has 1 aromatic carbocycles. The first-order valence-electron chi connectivity index (χ1n) is 6.58. The number of carbonyl (C=O) groups is 2. The summed E-state index contributed by atoms with van der Waals surface area (Å²) in [7, 11) is 0. The molecule has 24 heavy (non-hydrogen) atoms. The summed E-state index contributed by atoms with van der Waals surface area (Å²) in [5.41, 5.74) is 5.39. The van der Waals surface area contributed by atoms with Crippen molar-refractivity contribution in [2.45, 2.75) is 6.43 Å². The van der Waals surface area contributed by atoms with E-state index in [1.54, 1.807) is 12.1 Å². The number of nitrogens with one attached hydrogen (secondary N) is 3. The van der Waals surface area contributed by atoms with Crippen LogP contribution in [0, 0.1) is 0 Å². The first-order chi connectivity index (χ1) is 11.4. The molecule has 2 amide bonds. The van der Waals surface area contributed by atoms with Gasteiger partial charge in [-0.2, -0.15) is 0 Å². The normalized spacial score (nSPS) is 11.0. The summed E-state index contributed by atoms with van der Waals surface area (Å²) in [6.07, 6.45) is -2.72. The van der Waals surface area contributed by atoms with E-state index >= 15 is 0 Å². The molecule has 3 N–H and O–H groups in total. The molecule has 0 radical (unpaired) electrons. The average Bonchev–Trinajstić information content (AvgIpc) is 3.17. The fourth-order valence-electron chi connectivity index (χ4n) is 1.96. The first kappa shape index (κ1) is 16.5. The highest BCUT2D eigenvalue weighted by atomic mass is 79.9. The van der Waals surface area contributed by atoms with Crippen molar-refractivity contribution >= 4 is 50.1 Å². The number of carbonyl (C=O) groups excluding carboxylic acids is 2. The molecule has 10 heteroatoms. The van der Waals surface area contributed by atoms with E-state index in [4.69, 9.17) is 0 Å². The molecule has 3 aromatic rings. The number of thiophene rings is 1. The van der Waals surface area contributed by atoms with Gasteiger partial charge in [-0.25, -0.2) is 13.8 Å². The number of hydrazine groups is 1. The number of imidazole rings is 1. The van der Waals surface area contributed by atoms with Gasteiger partial charge >= 0.3 is 0 Å². The molecule has 2 aromatic heterocycles. The van der Waals surface area contributed by atoms with Crippen LogP contribution in [0.3, 0.4) is 0 Å². The lowest BCUT2D eigenvalue weighted by Gasteiger charge is -2.06. The highest BCUT2D eigenvalue weighted by Gasteiger charge is 2.15. The summed E-state index contributed by atoms with van der Waals surface area (Å²) in [5, 5.41) is 0. The second-order valence-corrected chi connectivity index (χ2v) is 7.13. The van der Waals surface area contributed by atoms with Crippen LogP contribution < -0.4 is 10.9 Å². The molecule has 0 aliphatic rings. The molecule has 2 heterocycles. The fourth-order valence-corrected chi connectivity index (χ4v) is 3.24. The largest absolute Gasteiger partial charge is 0.337 e. The van der Waals surface area contributed by atoms with E-state index in [2.05, 4.69) is 36.7 Å². The average molecular weight is 415 g/mol. The van der Waals surface area contributed by atoms with Crippen LogP contribution in [0.4, 0.5) is 8.78 Å². The third-order valence-corrected chi connectivity index (χ3v) is 4.68. The lowest BCUT2D eigenvalue weighted by Crippen LogP contribution is -2.41. The predicted octanol–water partition coefficient (Wildman–Crippen LogP) is 3.40. The molecule has 6 nitrogen and oxygen atoms in total. The van der Waals surface area contributed by atoms with E-state index in [0.717, 1.165) is 3.79 Å². The van der Waals surface area contributed by atoms with Crippen molar-refractivity contribution in [3.05, 3.63) is 50.4 Å². The summed E-state index contributed by atoms with van der Waals surface area (Å²) in [6, 6.07) is 7.59. The number of aromatic nitrogens is 2. The Morgan fingerprint density at radius 3 is 2.58 bits per heavy atom. The number of nitrogens with zero attached hydrogens (tertiary/aromatic N) is 1. The second kappa shape index (κ2) is 6.65. The van der Waals surface area contributed by atoms with Crippen LogP contribution >= 0.6 is 27.3 Å². The first-order valence-corrected chi connectivity index (χ1v) is 8.19. The lowest BCUT2D eigenvalue weighted by molar-refractivity contribution is 0.0849. The minimum absolute atomic E-state index is 0.194. The van der Waals surface area contributed by atoms with Gasteiger partial charge < -0.3 is 4.98 Å². The number of H-pyrrole nitrogens is 1. The standard InChI is InChI=1S/C14H9BrF2N4O2S/c15-10-4-3-9(24-10)14(23)21-20-13(22)6-1-2-7-8(5-6)19-12(18-7)11(16)17/h1-5,11H,(H,18,19)(H,20,22)(H,21,23). The number of fused-ring (bicyclic) bond motifs is 1. The minimum Gasteiger partial charge on any atom is -0.337 e. The van der Waals surface area contributed by atoms with Crippen molar-refractivity contribution in [1.82, 2.24) is 20.8 Å². The van der Waals surface area contributed by atoms with E-state index in [1.807, 2.05) is 0 Å². The number of amides is 2. The molecular weight excluding hydrogens is 406 g/mol. The van der Waals surface area contributed by atoms with Crippen LogP contribution in [0.1, 0.15) is 32.3 Å². The maximum Gasteiger partial charge on any atom is 0.295 e. The van der Waals surface area contributed by atoms with Crippen molar-refractivity contribution in [2.75, 3.05) is 0 Å². The number of benzene rings is 1. The van der Waals surface area contributed by atoms with Crippen LogP contribution in [0.5, 0.6) is 0 Å².